The fourth-order valence-electron chi connectivity index (χ4n) is 1.97. The number of carbonyl (C=O) groups excluding carboxylic acids is 1. The maximum absolute atomic E-state index is 11.9. The number of aliphatic hydroxyl groups is 1. The summed E-state index contributed by atoms with van der Waals surface area (Å²) < 4.78 is 0. The van der Waals surface area contributed by atoms with Crippen molar-refractivity contribution in [2.75, 3.05) is 40.3 Å². The lowest BCUT2D eigenvalue weighted by molar-refractivity contribution is -0.142. The molecule has 0 aliphatic carbocycles. The van der Waals surface area contributed by atoms with Crippen LogP contribution in [0.15, 0.2) is 0 Å². The molecule has 0 aromatic heterocycles. The molecule has 2 N–H and O–H groups in total. The van der Waals surface area contributed by atoms with Gasteiger partial charge in [0.2, 0.25) is 0 Å². The van der Waals surface area contributed by atoms with Crippen LogP contribution in [0.2, 0.25) is 0 Å². The van der Waals surface area contributed by atoms with E-state index in [2.05, 4.69) is 29.2 Å². The Labute approximate surface area is 110 Å². The van der Waals surface area contributed by atoms with Crippen molar-refractivity contribution >= 4 is 5.91 Å². The molecule has 1 amide bonds. The molecule has 1 saturated heterocycles. The van der Waals surface area contributed by atoms with Crippen molar-refractivity contribution in [1.29, 1.82) is 0 Å². The Morgan fingerprint density at radius 2 is 2.06 bits per heavy atom. The highest BCUT2D eigenvalue weighted by Crippen LogP contribution is 2.16. The highest BCUT2D eigenvalue weighted by atomic mass is 16.3. The number of hydrogen-bond acceptors (Lipinski definition) is 4. The van der Waals surface area contributed by atoms with Crippen LogP contribution in [0.5, 0.6) is 0 Å². The Balaban J connectivity index is 2.47. The molecule has 1 aliphatic rings. The summed E-state index contributed by atoms with van der Waals surface area (Å²) in [5.41, 5.74) is -1.29. The Hall–Kier alpha value is -0.650. The molecule has 2 atom stereocenters. The molecule has 1 fully saturated rings. The van der Waals surface area contributed by atoms with Crippen LogP contribution < -0.4 is 5.32 Å². The Bertz CT molecular complexity index is 292. The van der Waals surface area contributed by atoms with E-state index in [1.807, 2.05) is 13.8 Å². The lowest BCUT2D eigenvalue weighted by Crippen LogP contribution is -2.57. The number of piperazine rings is 1. The second-order valence-electron chi connectivity index (χ2n) is 5.91. The van der Waals surface area contributed by atoms with Gasteiger partial charge in [-0.1, -0.05) is 13.8 Å². The predicted molar refractivity (Wildman–Crippen MR) is 72.4 cm³/mol. The average molecular weight is 257 g/mol. The first kappa shape index (κ1) is 15.4. The first-order chi connectivity index (χ1) is 8.25. The van der Waals surface area contributed by atoms with Gasteiger partial charge in [0.25, 0.3) is 5.91 Å². The van der Waals surface area contributed by atoms with Crippen LogP contribution in [0.4, 0.5) is 0 Å². The van der Waals surface area contributed by atoms with Crippen LogP contribution in [0.3, 0.4) is 0 Å². The Kier molecular flexibility index (Phi) is 5.13. The van der Waals surface area contributed by atoms with E-state index in [0.29, 0.717) is 12.6 Å². The van der Waals surface area contributed by atoms with Gasteiger partial charge in [-0.3, -0.25) is 9.69 Å². The molecule has 5 nitrogen and oxygen atoms in total. The minimum absolute atomic E-state index is 0.0933. The average Bonchev–Trinajstić information content (AvgIpc) is 2.29. The first-order valence-corrected chi connectivity index (χ1v) is 6.64. The van der Waals surface area contributed by atoms with E-state index in [1.54, 1.807) is 6.92 Å². The monoisotopic (exact) mass is 257 g/mol. The third kappa shape index (κ3) is 3.67. The van der Waals surface area contributed by atoms with Crippen molar-refractivity contribution in [1.82, 2.24) is 15.1 Å². The molecule has 0 radical (unpaired) electrons. The lowest BCUT2D eigenvalue weighted by Gasteiger charge is -2.38. The minimum atomic E-state index is -1.29. The largest absolute Gasteiger partial charge is 0.380 e. The number of likely N-dealkylation sites (N-methyl/N-ethyl adjacent to an activating group) is 2. The molecule has 1 heterocycles. The summed E-state index contributed by atoms with van der Waals surface area (Å²) in [6.07, 6.45) is 0. The van der Waals surface area contributed by atoms with E-state index in [0.717, 1.165) is 19.6 Å². The molecule has 1 rings (SSSR count). The SMILES string of the molecule is CC(C)C(C)(O)C(=O)NCC1CN(C)CCN1C. The van der Waals surface area contributed by atoms with Gasteiger partial charge in [0, 0.05) is 32.2 Å². The summed E-state index contributed by atoms with van der Waals surface area (Å²) in [4.78, 5) is 16.5. The van der Waals surface area contributed by atoms with E-state index in [4.69, 9.17) is 0 Å². The zero-order valence-corrected chi connectivity index (χ0v) is 12.2. The smallest absolute Gasteiger partial charge is 0.251 e. The molecular formula is C13H27N3O2. The van der Waals surface area contributed by atoms with Crippen molar-refractivity contribution in [3.8, 4) is 0 Å². The number of nitrogens with zero attached hydrogens (tertiary/aromatic N) is 2. The van der Waals surface area contributed by atoms with Gasteiger partial charge < -0.3 is 15.3 Å². The third-order valence-electron chi connectivity index (χ3n) is 4.06. The van der Waals surface area contributed by atoms with E-state index < -0.39 is 5.60 Å². The summed E-state index contributed by atoms with van der Waals surface area (Å²) in [5.74, 6) is -0.372. The first-order valence-electron chi connectivity index (χ1n) is 6.64. The molecule has 0 aromatic carbocycles. The zero-order valence-electron chi connectivity index (χ0n) is 12.2. The van der Waals surface area contributed by atoms with Crippen LogP contribution in [0.25, 0.3) is 0 Å². The van der Waals surface area contributed by atoms with Crippen LogP contribution in [-0.2, 0) is 4.79 Å². The highest BCUT2D eigenvalue weighted by molar-refractivity contribution is 5.84. The van der Waals surface area contributed by atoms with Gasteiger partial charge >= 0.3 is 0 Å². The minimum Gasteiger partial charge on any atom is -0.380 e. The number of amides is 1. The van der Waals surface area contributed by atoms with E-state index in [1.165, 1.54) is 0 Å². The number of rotatable bonds is 4. The van der Waals surface area contributed by atoms with Gasteiger partial charge in [0.1, 0.15) is 5.60 Å². The molecule has 0 saturated carbocycles. The normalized spacial score (nSPS) is 26.1. The maximum Gasteiger partial charge on any atom is 0.251 e. The second-order valence-corrected chi connectivity index (χ2v) is 5.91. The van der Waals surface area contributed by atoms with Gasteiger partial charge in [0.15, 0.2) is 0 Å². The van der Waals surface area contributed by atoms with Gasteiger partial charge in [-0.15, -0.1) is 0 Å². The van der Waals surface area contributed by atoms with Crippen molar-refractivity contribution in [3.05, 3.63) is 0 Å². The molecule has 5 heteroatoms. The summed E-state index contributed by atoms with van der Waals surface area (Å²) in [6.45, 7) is 8.87. The number of hydrogen-bond donors (Lipinski definition) is 2. The van der Waals surface area contributed by atoms with Crippen molar-refractivity contribution in [3.63, 3.8) is 0 Å². The van der Waals surface area contributed by atoms with E-state index in [9.17, 15) is 9.90 Å². The molecule has 2 unspecified atom stereocenters. The second kappa shape index (κ2) is 5.99. The molecule has 1 aliphatic heterocycles. The Morgan fingerprint density at radius 3 is 2.61 bits per heavy atom. The third-order valence-corrected chi connectivity index (χ3v) is 4.06. The van der Waals surface area contributed by atoms with E-state index in [-0.39, 0.29) is 11.8 Å². The molecule has 18 heavy (non-hydrogen) atoms. The van der Waals surface area contributed by atoms with Crippen LogP contribution in [-0.4, -0.2) is 72.7 Å². The van der Waals surface area contributed by atoms with Gasteiger partial charge in [-0.05, 0) is 26.9 Å². The van der Waals surface area contributed by atoms with Gasteiger partial charge in [0.05, 0.1) is 0 Å². The molecule has 0 spiro atoms. The van der Waals surface area contributed by atoms with Crippen LogP contribution in [0.1, 0.15) is 20.8 Å². The topological polar surface area (TPSA) is 55.8 Å². The lowest BCUT2D eigenvalue weighted by atomic mass is 9.91. The molecular weight excluding hydrogens is 230 g/mol. The van der Waals surface area contributed by atoms with Crippen LogP contribution in [0, 0.1) is 5.92 Å². The quantitative estimate of drug-likeness (QED) is 0.729. The van der Waals surface area contributed by atoms with Crippen molar-refractivity contribution in [2.45, 2.75) is 32.4 Å². The van der Waals surface area contributed by atoms with Crippen LogP contribution >= 0.6 is 0 Å². The van der Waals surface area contributed by atoms with Gasteiger partial charge in [-0.25, -0.2) is 0 Å². The molecule has 106 valence electrons. The fraction of sp³-hybridized carbons (Fsp3) is 0.923. The predicted octanol–water partition coefficient (Wildman–Crippen LogP) is -0.245. The fourth-order valence-corrected chi connectivity index (χ4v) is 1.97. The molecule has 0 bridgehead atoms. The number of nitrogens with one attached hydrogen (secondary N) is 1. The van der Waals surface area contributed by atoms with Crippen molar-refractivity contribution < 1.29 is 9.90 Å². The highest BCUT2D eigenvalue weighted by Gasteiger charge is 2.34. The number of carbonyl (C=O) groups is 1. The van der Waals surface area contributed by atoms with Crippen molar-refractivity contribution in [2.24, 2.45) is 5.92 Å². The summed E-state index contributed by atoms with van der Waals surface area (Å²) in [6, 6.07) is 0.315. The Morgan fingerprint density at radius 1 is 1.44 bits per heavy atom. The van der Waals surface area contributed by atoms with Gasteiger partial charge in [-0.2, -0.15) is 0 Å². The molecule has 0 aromatic rings. The van der Waals surface area contributed by atoms with E-state index >= 15 is 0 Å². The summed E-state index contributed by atoms with van der Waals surface area (Å²) in [5, 5.41) is 12.9. The standard InChI is InChI=1S/C13H27N3O2/c1-10(2)13(3,18)12(17)14-8-11-9-15(4)6-7-16(11)5/h10-11,18H,6-9H2,1-5H3,(H,14,17). The summed E-state index contributed by atoms with van der Waals surface area (Å²) in [7, 11) is 4.16. The zero-order chi connectivity index (χ0) is 13.9. The summed E-state index contributed by atoms with van der Waals surface area (Å²) >= 11 is 0. The maximum atomic E-state index is 11.9.